The van der Waals surface area contributed by atoms with Crippen molar-refractivity contribution in [1.82, 2.24) is 0 Å². The van der Waals surface area contributed by atoms with Crippen LogP contribution < -0.4 is 10.1 Å². The maximum Gasteiger partial charge on any atom is 0.119 e. The first-order valence-corrected chi connectivity index (χ1v) is 7.27. The predicted molar refractivity (Wildman–Crippen MR) is 87.2 cm³/mol. The molecule has 0 aliphatic rings. The van der Waals surface area contributed by atoms with Crippen LogP contribution in [0.5, 0.6) is 11.5 Å². The zero-order valence-corrected chi connectivity index (χ0v) is 12.9. The van der Waals surface area contributed by atoms with E-state index in [0.29, 0.717) is 11.8 Å². The van der Waals surface area contributed by atoms with Gasteiger partial charge in [0.1, 0.15) is 11.5 Å². The van der Waals surface area contributed by atoms with E-state index < -0.39 is 0 Å². The van der Waals surface area contributed by atoms with Crippen LogP contribution in [0.1, 0.15) is 24.5 Å². The number of hydrogen-bond acceptors (Lipinski definition) is 3. The monoisotopic (exact) mass is 285 g/mol. The van der Waals surface area contributed by atoms with Crippen LogP contribution in [0.2, 0.25) is 0 Å². The second-order valence-corrected chi connectivity index (χ2v) is 5.43. The smallest absolute Gasteiger partial charge is 0.119 e. The molecule has 0 amide bonds. The van der Waals surface area contributed by atoms with Gasteiger partial charge in [-0.15, -0.1) is 0 Å². The lowest BCUT2D eigenvalue weighted by molar-refractivity contribution is 0.414. The van der Waals surface area contributed by atoms with E-state index in [0.717, 1.165) is 24.3 Å². The first-order valence-electron chi connectivity index (χ1n) is 7.27. The van der Waals surface area contributed by atoms with E-state index >= 15 is 0 Å². The van der Waals surface area contributed by atoms with Crippen LogP contribution in [0.4, 0.5) is 5.69 Å². The molecule has 0 saturated carbocycles. The summed E-state index contributed by atoms with van der Waals surface area (Å²) in [5, 5.41) is 12.8. The zero-order chi connectivity index (χ0) is 15.2. The van der Waals surface area contributed by atoms with Crippen LogP contribution in [-0.4, -0.2) is 18.3 Å². The minimum atomic E-state index is 0.318. The van der Waals surface area contributed by atoms with Crippen molar-refractivity contribution in [1.29, 1.82) is 0 Å². The molecule has 0 radical (unpaired) electrons. The molecule has 0 spiro atoms. The summed E-state index contributed by atoms with van der Waals surface area (Å²) in [6, 6.07) is 13.9. The molecule has 112 valence electrons. The number of nitrogens with one attached hydrogen (secondary N) is 1. The number of methoxy groups -OCH3 is 1. The molecule has 3 heteroatoms. The van der Waals surface area contributed by atoms with Crippen LogP contribution in [0.15, 0.2) is 42.5 Å². The number of benzene rings is 2. The number of aryl methyl sites for hydroxylation is 2. The fourth-order valence-electron chi connectivity index (χ4n) is 2.31. The number of phenolic OH excluding ortho intramolecular Hbond substituents is 1. The second-order valence-electron chi connectivity index (χ2n) is 5.43. The number of rotatable bonds is 6. The average molecular weight is 285 g/mol. The molecular weight excluding hydrogens is 262 g/mol. The van der Waals surface area contributed by atoms with Crippen LogP contribution in [0.3, 0.4) is 0 Å². The van der Waals surface area contributed by atoms with Gasteiger partial charge in [-0.1, -0.05) is 12.1 Å². The Morgan fingerprint density at radius 2 is 1.86 bits per heavy atom. The molecule has 0 aliphatic heterocycles. The van der Waals surface area contributed by atoms with Crippen LogP contribution in [-0.2, 0) is 6.42 Å². The van der Waals surface area contributed by atoms with Gasteiger partial charge in [0.05, 0.1) is 7.11 Å². The number of aromatic hydroxyl groups is 1. The summed E-state index contributed by atoms with van der Waals surface area (Å²) >= 11 is 0. The Hall–Kier alpha value is -2.16. The number of anilines is 1. The maximum atomic E-state index is 9.28. The fraction of sp³-hybridized carbons (Fsp3) is 0.333. The zero-order valence-electron chi connectivity index (χ0n) is 12.9. The number of hydrogen-bond donors (Lipinski definition) is 2. The van der Waals surface area contributed by atoms with Crippen molar-refractivity contribution in [2.45, 2.75) is 32.7 Å². The molecule has 0 bridgehead atoms. The Balaban J connectivity index is 1.89. The number of phenols is 1. The molecule has 0 aromatic heterocycles. The van der Waals surface area contributed by atoms with Gasteiger partial charge >= 0.3 is 0 Å². The Kier molecular flexibility index (Phi) is 5.09. The maximum absolute atomic E-state index is 9.28. The molecule has 2 aromatic carbocycles. The summed E-state index contributed by atoms with van der Waals surface area (Å²) in [5.41, 5.74) is 3.58. The van der Waals surface area contributed by atoms with Gasteiger partial charge in [0.2, 0.25) is 0 Å². The lowest BCUT2D eigenvalue weighted by Gasteiger charge is -2.17. The third-order valence-electron chi connectivity index (χ3n) is 3.64. The highest BCUT2D eigenvalue weighted by Crippen LogP contribution is 2.22. The Labute approximate surface area is 126 Å². The van der Waals surface area contributed by atoms with E-state index in [2.05, 4.69) is 25.2 Å². The molecule has 0 saturated heterocycles. The molecule has 0 aliphatic carbocycles. The van der Waals surface area contributed by atoms with Crippen molar-refractivity contribution in [2.75, 3.05) is 12.4 Å². The third kappa shape index (κ3) is 4.42. The van der Waals surface area contributed by atoms with E-state index in [1.807, 2.05) is 24.3 Å². The molecule has 0 fully saturated rings. The highest BCUT2D eigenvalue weighted by molar-refractivity contribution is 5.54. The van der Waals surface area contributed by atoms with E-state index in [4.69, 9.17) is 4.74 Å². The standard InChI is InChI=1S/C18H23NO2/c1-13-12-17(21-3)10-11-18(13)19-14(2)4-5-15-6-8-16(20)9-7-15/h6-12,14,19-20H,4-5H2,1-3H3. The van der Waals surface area contributed by atoms with Gasteiger partial charge in [-0.05, 0) is 68.1 Å². The molecule has 0 heterocycles. The third-order valence-corrected chi connectivity index (χ3v) is 3.64. The average Bonchev–Trinajstić information content (AvgIpc) is 2.48. The summed E-state index contributed by atoms with van der Waals surface area (Å²) in [7, 11) is 1.68. The summed E-state index contributed by atoms with van der Waals surface area (Å²) in [6.45, 7) is 4.27. The predicted octanol–water partition coefficient (Wildman–Crippen LogP) is 4.14. The minimum absolute atomic E-state index is 0.318. The highest BCUT2D eigenvalue weighted by atomic mass is 16.5. The van der Waals surface area contributed by atoms with Crippen molar-refractivity contribution in [3.05, 3.63) is 53.6 Å². The van der Waals surface area contributed by atoms with Gasteiger partial charge in [0.15, 0.2) is 0 Å². The number of ether oxygens (including phenoxy) is 1. The van der Waals surface area contributed by atoms with Gasteiger partial charge < -0.3 is 15.2 Å². The highest BCUT2D eigenvalue weighted by Gasteiger charge is 2.06. The van der Waals surface area contributed by atoms with E-state index in [1.54, 1.807) is 19.2 Å². The van der Waals surface area contributed by atoms with Crippen molar-refractivity contribution in [3.63, 3.8) is 0 Å². The van der Waals surface area contributed by atoms with Gasteiger partial charge in [0, 0.05) is 11.7 Å². The van der Waals surface area contributed by atoms with Gasteiger partial charge in [-0.2, -0.15) is 0 Å². The normalized spacial score (nSPS) is 12.0. The Bertz CT molecular complexity index is 578. The first kappa shape index (κ1) is 15.2. The molecule has 1 atom stereocenters. The van der Waals surface area contributed by atoms with Crippen molar-refractivity contribution < 1.29 is 9.84 Å². The fourth-order valence-corrected chi connectivity index (χ4v) is 2.31. The molecule has 2 aromatic rings. The molecule has 2 rings (SSSR count). The molecule has 3 nitrogen and oxygen atoms in total. The van der Waals surface area contributed by atoms with Crippen molar-refractivity contribution in [2.24, 2.45) is 0 Å². The largest absolute Gasteiger partial charge is 0.508 e. The first-order chi connectivity index (χ1) is 10.1. The van der Waals surface area contributed by atoms with E-state index in [9.17, 15) is 5.11 Å². The Morgan fingerprint density at radius 1 is 1.14 bits per heavy atom. The molecule has 1 unspecified atom stereocenters. The lowest BCUT2D eigenvalue weighted by atomic mass is 10.1. The summed E-state index contributed by atoms with van der Waals surface area (Å²) < 4.78 is 5.22. The van der Waals surface area contributed by atoms with E-state index in [1.165, 1.54) is 11.1 Å². The van der Waals surface area contributed by atoms with Gasteiger partial charge in [0.25, 0.3) is 0 Å². The Morgan fingerprint density at radius 3 is 2.48 bits per heavy atom. The van der Waals surface area contributed by atoms with Crippen LogP contribution >= 0.6 is 0 Å². The minimum Gasteiger partial charge on any atom is -0.508 e. The lowest BCUT2D eigenvalue weighted by Crippen LogP contribution is -2.16. The summed E-state index contributed by atoms with van der Waals surface area (Å²) in [4.78, 5) is 0. The topological polar surface area (TPSA) is 41.5 Å². The van der Waals surface area contributed by atoms with E-state index in [-0.39, 0.29) is 0 Å². The second kappa shape index (κ2) is 7.02. The molecular formula is C18H23NO2. The van der Waals surface area contributed by atoms with Crippen LogP contribution in [0, 0.1) is 6.92 Å². The molecule has 21 heavy (non-hydrogen) atoms. The quantitative estimate of drug-likeness (QED) is 0.838. The van der Waals surface area contributed by atoms with Gasteiger partial charge in [-0.3, -0.25) is 0 Å². The summed E-state index contributed by atoms with van der Waals surface area (Å²) in [5.74, 6) is 1.20. The SMILES string of the molecule is COc1ccc(NC(C)CCc2ccc(O)cc2)c(C)c1. The van der Waals surface area contributed by atoms with Crippen molar-refractivity contribution in [3.8, 4) is 11.5 Å². The van der Waals surface area contributed by atoms with Crippen LogP contribution in [0.25, 0.3) is 0 Å². The molecule has 2 N–H and O–H groups in total. The van der Waals surface area contributed by atoms with Crippen molar-refractivity contribution >= 4 is 5.69 Å². The summed E-state index contributed by atoms with van der Waals surface area (Å²) in [6.07, 6.45) is 2.03. The van der Waals surface area contributed by atoms with Gasteiger partial charge in [-0.25, -0.2) is 0 Å².